The van der Waals surface area contributed by atoms with E-state index in [4.69, 9.17) is 0 Å². The van der Waals surface area contributed by atoms with Gasteiger partial charge in [0.25, 0.3) is 5.91 Å². The van der Waals surface area contributed by atoms with Crippen LogP contribution in [0.1, 0.15) is 53.9 Å². The number of ketones is 1. The lowest BCUT2D eigenvalue weighted by atomic mass is 10.1. The molecule has 1 rings (SSSR count). The van der Waals surface area contributed by atoms with Crippen molar-refractivity contribution in [3.8, 4) is 0 Å². The Labute approximate surface area is 93.8 Å². The normalized spacial score (nSPS) is 14.1. The van der Waals surface area contributed by atoms with Crippen LogP contribution in [0.5, 0.6) is 0 Å². The van der Waals surface area contributed by atoms with Crippen molar-refractivity contribution in [2.75, 3.05) is 13.1 Å². The smallest absolute Gasteiger partial charge is 0.289 e. The van der Waals surface area contributed by atoms with Crippen molar-refractivity contribution >= 4 is 11.7 Å². The van der Waals surface area contributed by atoms with Gasteiger partial charge in [0, 0.05) is 20.0 Å². The number of carbonyl (C=O) groups excluding carboxylic acids is 2. The van der Waals surface area contributed by atoms with Crippen molar-refractivity contribution in [3.05, 3.63) is 0 Å². The molecule has 0 bridgehead atoms. The van der Waals surface area contributed by atoms with Crippen LogP contribution in [0.3, 0.4) is 0 Å². The van der Waals surface area contributed by atoms with Crippen LogP contribution in [0.25, 0.3) is 0 Å². The molecule has 90 valence electrons. The molecule has 0 saturated carbocycles. The van der Waals surface area contributed by atoms with Crippen molar-refractivity contribution < 1.29 is 9.59 Å². The third-order valence-electron chi connectivity index (χ3n) is 1.94. The van der Waals surface area contributed by atoms with Crippen LogP contribution in [0.4, 0.5) is 0 Å². The van der Waals surface area contributed by atoms with Gasteiger partial charge < -0.3 is 4.90 Å². The Bertz CT molecular complexity index is 172. The summed E-state index contributed by atoms with van der Waals surface area (Å²) in [5.41, 5.74) is 0. The number of piperidine rings is 1. The molecule has 1 aliphatic rings. The van der Waals surface area contributed by atoms with E-state index in [9.17, 15) is 9.59 Å². The SMILES string of the molecule is CC.CC.CC(=O)C(=O)N1CCCCC1. The summed E-state index contributed by atoms with van der Waals surface area (Å²) in [6.45, 7) is 10.9. The second kappa shape index (κ2) is 11.2. The van der Waals surface area contributed by atoms with Crippen molar-refractivity contribution in [1.82, 2.24) is 4.90 Å². The van der Waals surface area contributed by atoms with Gasteiger partial charge in [-0.2, -0.15) is 0 Å². The Morgan fingerprint density at radius 3 is 1.60 bits per heavy atom. The molecule has 15 heavy (non-hydrogen) atoms. The topological polar surface area (TPSA) is 37.4 Å². The molecule has 1 saturated heterocycles. The molecule has 0 spiro atoms. The van der Waals surface area contributed by atoms with Gasteiger partial charge in [-0.1, -0.05) is 27.7 Å². The average molecular weight is 215 g/mol. The van der Waals surface area contributed by atoms with Gasteiger partial charge in [-0.3, -0.25) is 9.59 Å². The lowest BCUT2D eigenvalue weighted by Gasteiger charge is -2.25. The Morgan fingerprint density at radius 2 is 1.27 bits per heavy atom. The Balaban J connectivity index is 0. The maximum absolute atomic E-state index is 11.1. The number of likely N-dealkylation sites (tertiary alicyclic amines) is 1. The molecule has 0 atom stereocenters. The fourth-order valence-electron chi connectivity index (χ4n) is 1.32. The van der Waals surface area contributed by atoms with Crippen LogP contribution in [-0.2, 0) is 9.59 Å². The molecule has 0 unspecified atom stereocenters. The first-order valence-corrected chi connectivity index (χ1v) is 6.01. The molecule has 3 nitrogen and oxygen atoms in total. The second-order valence-electron chi connectivity index (χ2n) is 2.91. The zero-order valence-electron chi connectivity index (χ0n) is 10.8. The van der Waals surface area contributed by atoms with Gasteiger partial charge >= 0.3 is 0 Å². The minimum atomic E-state index is -0.341. The predicted octanol–water partition coefficient (Wildman–Crippen LogP) is 2.64. The highest BCUT2D eigenvalue weighted by Gasteiger charge is 2.19. The summed E-state index contributed by atoms with van der Waals surface area (Å²) in [6, 6.07) is 0. The first kappa shape index (κ1) is 16.6. The van der Waals surface area contributed by atoms with Gasteiger partial charge in [-0.25, -0.2) is 0 Å². The second-order valence-corrected chi connectivity index (χ2v) is 2.91. The van der Waals surface area contributed by atoms with Crippen LogP contribution in [0.15, 0.2) is 0 Å². The number of Topliss-reactive ketones (excluding diaryl/α,β-unsaturated/α-hetero) is 1. The molecule has 0 aromatic rings. The molecule has 0 aromatic carbocycles. The first-order valence-electron chi connectivity index (χ1n) is 6.01. The van der Waals surface area contributed by atoms with Crippen molar-refractivity contribution in [1.29, 1.82) is 0 Å². The van der Waals surface area contributed by atoms with Crippen LogP contribution >= 0.6 is 0 Å². The molecule has 1 fully saturated rings. The Hall–Kier alpha value is -0.860. The van der Waals surface area contributed by atoms with Gasteiger partial charge in [-0.15, -0.1) is 0 Å². The number of amides is 1. The molecule has 0 aromatic heterocycles. The molecular weight excluding hydrogens is 190 g/mol. The fraction of sp³-hybridized carbons (Fsp3) is 0.833. The van der Waals surface area contributed by atoms with Crippen molar-refractivity contribution in [2.24, 2.45) is 0 Å². The monoisotopic (exact) mass is 215 g/mol. The molecule has 0 aliphatic carbocycles. The van der Waals surface area contributed by atoms with E-state index in [0.717, 1.165) is 25.9 Å². The summed E-state index contributed by atoms with van der Waals surface area (Å²) in [4.78, 5) is 23.4. The molecule has 1 amide bonds. The zero-order chi connectivity index (χ0) is 12.3. The highest BCUT2D eigenvalue weighted by atomic mass is 16.2. The van der Waals surface area contributed by atoms with Gasteiger partial charge in [-0.05, 0) is 19.3 Å². The van der Waals surface area contributed by atoms with E-state index in [1.807, 2.05) is 27.7 Å². The highest BCUT2D eigenvalue weighted by molar-refractivity contribution is 6.35. The summed E-state index contributed by atoms with van der Waals surface area (Å²) in [6.07, 6.45) is 3.26. The van der Waals surface area contributed by atoms with E-state index in [-0.39, 0.29) is 11.7 Å². The summed E-state index contributed by atoms with van der Waals surface area (Å²) >= 11 is 0. The Morgan fingerprint density at radius 1 is 0.867 bits per heavy atom. The van der Waals surface area contributed by atoms with Gasteiger partial charge in [0.05, 0.1) is 0 Å². The molecule has 0 radical (unpaired) electrons. The van der Waals surface area contributed by atoms with Gasteiger partial charge in [0.15, 0.2) is 0 Å². The fourth-order valence-corrected chi connectivity index (χ4v) is 1.32. The number of hydrogen-bond acceptors (Lipinski definition) is 2. The molecule has 0 N–H and O–H groups in total. The van der Waals surface area contributed by atoms with Crippen LogP contribution in [0.2, 0.25) is 0 Å². The molecule has 3 heteroatoms. The highest BCUT2D eigenvalue weighted by Crippen LogP contribution is 2.08. The van der Waals surface area contributed by atoms with E-state index in [0.29, 0.717) is 0 Å². The quantitative estimate of drug-likeness (QED) is 0.631. The molecule has 1 aliphatic heterocycles. The third-order valence-corrected chi connectivity index (χ3v) is 1.94. The average Bonchev–Trinajstić information content (AvgIpc) is 2.34. The van der Waals surface area contributed by atoms with E-state index in [2.05, 4.69) is 0 Å². The molecular formula is C12H25NO2. The maximum atomic E-state index is 11.1. The predicted molar refractivity (Wildman–Crippen MR) is 63.8 cm³/mol. The molecule has 1 heterocycles. The van der Waals surface area contributed by atoms with Crippen LogP contribution < -0.4 is 0 Å². The number of hydrogen-bond donors (Lipinski definition) is 0. The summed E-state index contributed by atoms with van der Waals surface area (Å²) < 4.78 is 0. The lowest BCUT2D eigenvalue weighted by molar-refractivity contribution is -0.144. The number of carbonyl (C=O) groups is 2. The van der Waals surface area contributed by atoms with E-state index in [1.165, 1.54) is 13.3 Å². The van der Waals surface area contributed by atoms with E-state index in [1.54, 1.807) is 4.90 Å². The largest absolute Gasteiger partial charge is 0.336 e. The standard InChI is InChI=1S/C8H13NO2.2C2H6/c1-7(10)8(11)9-5-3-2-4-6-9;2*1-2/h2-6H2,1H3;2*1-2H3. The van der Waals surface area contributed by atoms with Crippen LogP contribution in [0, 0.1) is 0 Å². The summed E-state index contributed by atoms with van der Waals surface area (Å²) in [5.74, 6) is -0.656. The van der Waals surface area contributed by atoms with Crippen LogP contribution in [-0.4, -0.2) is 29.7 Å². The zero-order valence-corrected chi connectivity index (χ0v) is 10.8. The summed E-state index contributed by atoms with van der Waals surface area (Å²) in [5, 5.41) is 0. The lowest BCUT2D eigenvalue weighted by Crippen LogP contribution is -2.39. The minimum absolute atomic E-state index is 0.315. The van der Waals surface area contributed by atoms with Crippen molar-refractivity contribution in [2.45, 2.75) is 53.9 Å². The van der Waals surface area contributed by atoms with Gasteiger partial charge in [0.2, 0.25) is 5.78 Å². The maximum Gasteiger partial charge on any atom is 0.289 e. The van der Waals surface area contributed by atoms with Gasteiger partial charge in [0.1, 0.15) is 0 Å². The number of rotatable bonds is 1. The van der Waals surface area contributed by atoms with E-state index < -0.39 is 0 Å². The third kappa shape index (κ3) is 7.11. The minimum Gasteiger partial charge on any atom is -0.336 e. The van der Waals surface area contributed by atoms with E-state index >= 15 is 0 Å². The summed E-state index contributed by atoms with van der Waals surface area (Å²) in [7, 11) is 0. The van der Waals surface area contributed by atoms with Crippen molar-refractivity contribution in [3.63, 3.8) is 0 Å². The first-order chi connectivity index (χ1) is 7.22. The Kier molecular flexibility index (Phi) is 12.4. The number of nitrogens with zero attached hydrogens (tertiary/aromatic N) is 1.